The highest BCUT2D eigenvalue weighted by molar-refractivity contribution is 7.99. The van der Waals surface area contributed by atoms with Crippen LogP contribution in [-0.2, 0) is 11.2 Å². The van der Waals surface area contributed by atoms with E-state index in [2.05, 4.69) is 10.3 Å². The first-order chi connectivity index (χ1) is 12.4. The monoisotopic (exact) mass is 414 g/mol. The quantitative estimate of drug-likeness (QED) is 0.526. The molecule has 1 amide bonds. The number of nitrogens with one attached hydrogen (secondary N) is 1. The lowest BCUT2D eigenvalue weighted by atomic mass is 10.3. The molecule has 0 saturated heterocycles. The van der Waals surface area contributed by atoms with Crippen molar-refractivity contribution in [1.29, 1.82) is 0 Å². The summed E-state index contributed by atoms with van der Waals surface area (Å²) in [6, 6.07) is 10.4. The molecule has 0 spiro atoms. The molecule has 1 N–H and O–H groups in total. The van der Waals surface area contributed by atoms with E-state index in [0.717, 1.165) is 9.88 Å². The van der Waals surface area contributed by atoms with Crippen LogP contribution in [0.25, 0.3) is 9.88 Å². The first-order valence-electron chi connectivity index (χ1n) is 7.47. The minimum absolute atomic E-state index is 0.0696. The van der Waals surface area contributed by atoms with Crippen LogP contribution >= 0.6 is 34.4 Å². The van der Waals surface area contributed by atoms with E-state index < -0.39 is 11.9 Å². The molecule has 0 aliphatic carbocycles. The lowest BCUT2D eigenvalue weighted by Crippen LogP contribution is -2.16. The van der Waals surface area contributed by atoms with Crippen molar-refractivity contribution in [2.45, 2.75) is 17.5 Å². The van der Waals surface area contributed by atoms with Crippen LogP contribution < -0.4 is 5.32 Å². The van der Waals surface area contributed by atoms with Crippen LogP contribution in [0, 0.1) is 0 Å². The lowest BCUT2D eigenvalue weighted by Gasteiger charge is -2.11. The Morgan fingerprint density at radius 2 is 1.96 bits per heavy atom. The van der Waals surface area contributed by atoms with Crippen LogP contribution in [0.2, 0.25) is 0 Å². The largest absolute Gasteiger partial charge is 0.398 e. The highest BCUT2D eigenvalue weighted by Crippen LogP contribution is 2.32. The summed E-state index contributed by atoms with van der Waals surface area (Å²) >= 11 is 3.69. The third-order valence-electron chi connectivity index (χ3n) is 3.18. The molecular formula is C17H13F3N2OS3. The maximum Gasteiger partial charge on any atom is 0.398 e. The second kappa shape index (κ2) is 8.24. The van der Waals surface area contributed by atoms with Gasteiger partial charge in [0.25, 0.3) is 0 Å². The molecule has 3 rings (SSSR count). The van der Waals surface area contributed by atoms with Gasteiger partial charge < -0.3 is 5.32 Å². The lowest BCUT2D eigenvalue weighted by molar-refractivity contribution is -0.115. The molecular weight excluding hydrogens is 401 g/mol. The van der Waals surface area contributed by atoms with Crippen LogP contribution in [0.4, 0.5) is 18.9 Å². The van der Waals surface area contributed by atoms with Gasteiger partial charge in [-0.15, -0.1) is 34.4 Å². The molecule has 2 aromatic heterocycles. The number of hydrogen-bond acceptors (Lipinski definition) is 5. The first-order valence-corrected chi connectivity index (χ1v) is 10.2. The molecule has 3 nitrogen and oxygen atoms in total. The molecule has 0 fully saturated rings. The van der Waals surface area contributed by atoms with Gasteiger partial charge in [-0.1, -0.05) is 18.2 Å². The summed E-state index contributed by atoms with van der Waals surface area (Å²) in [5.74, 6) is -1.32. The number of thioether (sulfide) groups is 1. The number of alkyl halides is 3. The Labute approximate surface area is 160 Å². The molecule has 1 aromatic carbocycles. The molecule has 0 atom stereocenters. The second-order valence-electron chi connectivity index (χ2n) is 5.25. The molecule has 136 valence electrons. The number of carbonyl (C=O) groups is 1. The number of hydrogen-bond donors (Lipinski definition) is 1. The normalized spacial score (nSPS) is 11.5. The summed E-state index contributed by atoms with van der Waals surface area (Å²) in [5.41, 5.74) is 1.01. The van der Waals surface area contributed by atoms with Crippen molar-refractivity contribution in [3.8, 4) is 9.88 Å². The van der Waals surface area contributed by atoms with Gasteiger partial charge >= 0.3 is 6.18 Å². The molecule has 0 radical (unpaired) electrons. The van der Waals surface area contributed by atoms with E-state index in [1.54, 1.807) is 35.6 Å². The van der Waals surface area contributed by atoms with Gasteiger partial charge in [0.2, 0.25) is 5.91 Å². The second-order valence-corrected chi connectivity index (χ2v) is 8.07. The van der Waals surface area contributed by atoms with Gasteiger partial charge in [0.15, 0.2) is 0 Å². The number of benzene rings is 1. The van der Waals surface area contributed by atoms with Crippen molar-refractivity contribution in [3.63, 3.8) is 0 Å². The van der Waals surface area contributed by atoms with Crippen LogP contribution in [0.1, 0.15) is 5.69 Å². The van der Waals surface area contributed by atoms with Crippen LogP contribution in [-0.4, -0.2) is 22.8 Å². The summed E-state index contributed by atoms with van der Waals surface area (Å²) in [5, 5.41) is 7.31. The summed E-state index contributed by atoms with van der Waals surface area (Å²) in [7, 11) is 0. The summed E-state index contributed by atoms with van der Waals surface area (Å²) in [4.78, 5) is 18.1. The third-order valence-corrected chi connectivity index (χ3v) is 6.25. The van der Waals surface area contributed by atoms with E-state index in [4.69, 9.17) is 0 Å². The number of para-hydroxylation sites is 1. The molecule has 0 aliphatic heterocycles. The maximum atomic E-state index is 12.4. The number of nitrogens with zero attached hydrogens (tertiary/aromatic N) is 1. The average Bonchev–Trinajstić information content (AvgIpc) is 3.24. The van der Waals surface area contributed by atoms with Gasteiger partial charge in [0, 0.05) is 10.3 Å². The fourth-order valence-corrected chi connectivity index (χ4v) is 4.52. The number of anilines is 1. The summed E-state index contributed by atoms with van der Waals surface area (Å²) < 4.78 is 37.3. The summed E-state index contributed by atoms with van der Waals surface area (Å²) in [6.45, 7) is 0. The smallest absolute Gasteiger partial charge is 0.325 e. The zero-order valence-electron chi connectivity index (χ0n) is 13.2. The van der Waals surface area contributed by atoms with Crippen molar-refractivity contribution in [3.05, 3.63) is 52.9 Å². The Hall–Kier alpha value is -1.84. The van der Waals surface area contributed by atoms with Crippen LogP contribution in [0.3, 0.4) is 0 Å². The first kappa shape index (κ1) is 18.9. The number of carbonyl (C=O) groups excluding carboxylic acids is 1. The maximum absolute atomic E-state index is 12.4. The zero-order valence-corrected chi connectivity index (χ0v) is 15.7. The van der Waals surface area contributed by atoms with Gasteiger partial charge in [-0.3, -0.25) is 4.79 Å². The van der Waals surface area contributed by atoms with Crippen LogP contribution in [0.15, 0.2) is 52.1 Å². The van der Waals surface area contributed by atoms with E-state index in [-0.39, 0.29) is 12.3 Å². The molecule has 2 heterocycles. The van der Waals surface area contributed by atoms with Crippen molar-refractivity contribution < 1.29 is 18.0 Å². The number of thiazole rings is 1. The Balaban J connectivity index is 1.63. The summed E-state index contributed by atoms with van der Waals surface area (Å²) in [6.07, 6.45) is -4.19. The molecule has 0 saturated carbocycles. The number of amides is 1. The molecule has 0 bridgehead atoms. The Morgan fingerprint density at radius 1 is 1.15 bits per heavy atom. The number of halogens is 3. The van der Waals surface area contributed by atoms with E-state index in [1.165, 1.54) is 11.3 Å². The predicted octanol–water partition coefficient (Wildman–Crippen LogP) is 5.71. The number of aromatic nitrogens is 1. The minimum atomic E-state index is -4.26. The van der Waals surface area contributed by atoms with Crippen LogP contribution in [0.5, 0.6) is 0 Å². The Bertz CT molecular complexity index is 876. The van der Waals surface area contributed by atoms with E-state index in [9.17, 15) is 18.0 Å². The van der Waals surface area contributed by atoms with Gasteiger partial charge in [-0.25, -0.2) is 4.98 Å². The standard InChI is InChI=1S/C17H13F3N2OS3/c18-17(19,20)10-26-13-5-2-1-4-12(13)22-15(23)8-11-9-25-16(21-11)14-6-3-7-24-14/h1-7,9H,8,10H2,(H,22,23). The molecule has 3 aromatic rings. The fourth-order valence-electron chi connectivity index (χ4n) is 2.12. The Kier molecular flexibility index (Phi) is 6.00. The predicted molar refractivity (Wildman–Crippen MR) is 101 cm³/mol. The fraction of sp³-hybridized carbons (Fsp3) is 0.176. The Morgan fingerprint density at radius 3 is 2.69 bits per heavy atom. The van der Waals surface area contributed by atoms with Gasteiger partial charge in [0.05, 0.1) is 28.4 Å². The molecule has 9 heteroatoms. The highest BCUT2D eigenvalue weighted by Gasteiger charge is 2.27. The van der Waals surface area contributed by atoms with Crippen molar-refractivity contribution in [2.24, 2.45) is 0 Å². The number of thiophene rings is 1. The number of rotatable bonds is 6. The van der Waals surface area contributed by atoms with E-state index in [0.29, 0.717) is 28.0 Å². The van der Waals surface area contributed by atoms with Gasteiger partial charge in [-0.2, -0.15) is 13.2 Å². The van der Waals surface area contributed by atoms with Crippen molar-refractivity contribution >= 4 is 46.0 Å². The molecule has 26 heavy (non-hydrogen) atoms. The van der Waals surface area contributed by atoms with Crippen molar-refractivity contribution in [1.82, 2.24) is 4.98 Å². The average molecular weight is 414 g/mol. The van der Waals surface area contributed by atoms with Gasteiger partial charge in [0.1, 0.15) is 5.01 Å². The van der Waals surface area contributed by atoms with E-state index in [1.807, 2.05) is 22.9 Å². The van der Waals surface area contributed by atoms with Gasteiger partial charge in [-0.05, 0) is 23.6 Å². The SMILES string of the molecule is O=C(Cc1csc(-c2cccs2)n1)Nc1ccccc1SCC(F)(F)F. The topological polar surface area (TPSA) is 42.0 Å². The molecule has 0 unspecified atom stereocenters. The highest BCUT2D eigenvalue weighted by atomic mass is 32.2. The minimum Gasteiger partial charge on any atom is -0.325 e. The molecule has 0 aliphatic rings. The van der Waals surface area contributed by atoms with Crippen molar-refractivity contribution in [2.75, 3.05) is 11.1 Å². The van der Waals surface area contributed by atoms with E-state index >= 15 is 0 Å². The zero-order chi connectivity index (χ0) is 18.6. The third kappa shape index (κ3) is 5.33.